The molecule has 1 aliphatic rings. The van der Waals surface area contributed by atoms with Gasteiger partial charge in [-0.1, -0.05) is 6.92 Å². The van der Waals surface area contributed by atoms with E-state index in [9.17, 15) is 0 Å². The van der Waals surface area contributed by atoms with Crippen LogP contribution in [0, 0.1) is 5.92 Å². The molecule has 1 aliphatic heterocycles. The molecule has 0 aromatic carbocycles. The van der Waals surface area contributed by atoms with Crippen LogP contribution >= 0.6 is 12.4 Å². The Hall–Kier alpha value is 0.250. The van der Waals surface area contributed by atoms with Crippen molar-refractivity contribution in [2.45, 2.75) is 19.8 Å². The molecule has 0 aromatic heterocycles. The molecule has 50 valence electrons. The van der Waals surface area contributed by atoms with Gasteiger partial charge >= 0.3 is 0 Å². The Morgan fingerprint density at radius 1 is 1.25 bits per heavy atom. The zero-order valence-electron chi connectivity index (χ0n) is 5.31. The van der Waals surface area contributed by atoms with E-state index < -0.39 is 0 Å². The van der Waals surface area contributed by atoms with E-state index in [0.29, 0.717) is 0 Å². The Labute approximate surface area is 57.3 Å². The van der Waals surface area contributed by atoms with Gasteiger partial charge in [-0.05, 0) is 31.8 Å². The summed E-state index contributed by atoms with van der Waals surface area (Å²) in [5.74, 6) is 0.973. The third kappa shape index (κ3) is 2.53. The van der Waals surface area contributed by atoms with E-state index in [1.54, 1.807) is 0 Å². The number of hydrogen-bond donors (Lipinski definition) is 1. The molecule has 0 bridgehead atoms. The van der Waals surface area contributed by atoms with Crippen molar-refractivity contribution in [3.05, 3.63) is 0 Å². The summed E-state index contributed by atoms with van der Waals surface area (Å²) in [4.78, 5) is 0. The maximum Gasteiger partial charge on any atom is -0.00464 e. The van der Waals surface area contributed by atoms with Gasteiger partial charge in [0.15, 0.2) is 0 Å². The van der Waals surface area contributed by atoms with E-state index >= 15 is 0 Å². The molecule has 0 aliphatic carbocycles. The third-order valence-corrected chi connectivity index (χ3v) is 1.63. The summed E-state index contributed by atoms with van der Waals surface area (Å²) in [5, 5.41) is 3.32. The minimum atomic E-state index is 0. The summed E-state index contributed by atoms with van der Waals surface area (Å²) in [6.45, 7) is 4.79. The normalized spacial score (nSPS) is 22.1. The second kappa shape index (κ2) is 4.16. The molecule has 8 heavy (non-hydrogen) atoms. The molecule has 0 aromatic rings. The first-order valence-corrected chi connectivity index (χ1v) is 3.10. The minimum Gasteiger partial charge on any atom is -0.317 e. The van der Waals surface area contributed by atoms with Crippen LogP contribution in [0.25, 0.3) is 0 Å². The van der Waals surface area contributed by atoms with Crippen LogP contribution in [0.4, 0.5) is 0 Å². The van der Waals surface area contributed by atoms with Gasteiger partial charge in [0.05, 0.1) is 0 Å². The van der Waals surface area contributed by atoms with E-state index in [1.165, 1.54) is 25.9 Å². The molecule has 0 radical (unpaired) electrons. The van der Waals surface area contributed by atoms with Crippen LogP contribution in [0.3, 0.4) is 0 Å². The summed E-state index contributed by atoms with van der Waals surface area (Å²) >= 11 is 0. The lowest BCUT2D eigenvalue weighted by Gasteiger charge is -2.17. The number of piperidine rings is 1. The molecular formula is C6H14ClN. The Morgan fingerprint density at radius 3 is 2.00 bits per heavy atom. The summed E-state index contributed by atoms with van der Waals surface area (Å²) in [5.41, 5.74) is 0. The first kappa shape index (κ1) is 8.25. The van der Waals surface area contributed by atoms with E-state index in [4.69, 9.17) is 0 Å². The second-order valence-corrected chi connectivity index (χ2v) is 2.43. The van der Waals surface area contributed by atoms with E-state index in [1.807, 2.05) is 0 Å². The van der Waals surface area contributed by atoms with Crippen molar-refractivity contribution < 1.29 is 0 Å². The molecule has 0 atom stereocenters. The largest absolute Gasteiger partial charge is 0.317 e. The van der Waals surface area contributed by atoms with Gasteiger partial charge in [-0.25, -0.2) is 0 Å². The number of nitrogens with one attached hydrogen (secondary N) is 1. The van der Waals surface area contributed by atoms with Crippen LogP contribution in [-0.2, 0) is 0 Å². The highest BCUT2D eigenvalue weighted by Crippen LogP contribution is 2.08. The minimum absolute atomic E-state index is 0. The van der Waals surface area contributed by atoms with Crippen molar-refractivity contribution >= 4 is 12.4 Å². The van der Waals surface area contributed by atoms with Crippen LogP contribution < -0.4 is 5.32 Å². The van der Waals surface area contributed by atoms with Gasteiger partial charge in [0, 0.05) is 0 Å². The summed E-state index contributed by atoms with van der Waals surface area (Å²) < 4.78 is 0. The quantitative estimate of drug-likeness (QED) is 0.530. The molecule has 1 fully saturated rings. The average Bonchev–Trinajstić information content (AvgIpc) is 1.69. The second-order valence-electron chi connectivity index (χ2n) is 2.43. The maximum absolute atomic E-state index is 3.32. The number of rotatable bonds is 0. The SMILES string of the molecule is CC1CCNCC1.Cl. The van der Waals surface area contributed by atoms with Crippen molar-refractivity contribution in [1.82, 2.24) is 5.32 Å². The molecule has 2 heteroatoms. The van der Waals surface area contributed by atoms with Crippen LogP contribution in [0.2, 0.25) is 0 Å². The summed E-state index contributed by atoms with van der Waals surface area (Å²) in [6.07, 6.45) is 2.75. The molecule has 0 saturated carbocycles. The Bertz CT molecular complexity index is 50.5. The predicted molar refractivity (Wildman–Crippen MR) is 38.5 cm³/mol. The average molecular weight is 136 g/mol. The van der Waals surface area contributed by atoms with E-state index in [2.05, 4.69) is 12.2 Å². The van der Waals surface area contributed by atoms with Gasteiger partial charge in [-0.2, -0.15) is 0 Å². The third-order valence-electron chi connectivity index (χ3n) is 1.63. The number of hydrogen-bond acceptors (Lipinski definition) is 1. The smallest absolute Gasteiger partial charge is 0.00464 e. The topological polar surface area (TPSA) is 12.0 Å². The molecular weight excluding hydrogens is 122 g/mol. The fourth-order valence-electron chi connectivity index (χ4n) is 0.966. The van der Waals surface area contributed by atoms with Crippen molar-refractivity contribution in [2.75, 3.05) is 13.1 Å². The first-order valence-electron chi connectivity index (χ1n) is 3.10. The molecule has 1 saturated heterocycles. The zero-order valence-corrected chi connectivity index (χ0v) is 6.13. The zero-order chi connectivity index (χ0) is 5.11. The lowest BCUT2D eigenvalue weighted by Crippen LogP contribution is -2.26. The fourth-order valence-corrected chi connectivity index (χ4v) is 0.966. The molecule has 1 nitrogen and oxygen atoms in total. The van der Waals surface area contributed by atoms with Crippen molar-refractivity contribution in [2.24, 2.45) is 5.92 Å². The standard InChI is InChI=1S/C6H13N.ClH/c1-6-2-4-7-5-3-6;/h6-7H,2-5H2,1H3;1H. The fraction of sp³-hybridized carbons (Fsp3) is 1.00. The molecule has 1 N–H and O–H groups in total. The lowest BCUT2D eigenvalue weighted by molar-refractivity contribution is 0.402. The molecule has 0 amide bonds. The van der Waals surface area contributed by atoms with Crippen molar-refractivity contribution in [3.63, 3.8) is 0 Å². The van der Waals surface area contributed by atoms with Gasteiger partial charge in [0.2, 0.25) is 0 Å². The highest BCUT2D eigenvalue weighted by atomic mass is 35.5. The summed E-state index contributed by atoms with van der Waals surface area (Å²) in [7, 11) is 0. The molecule has 0 unspecified atom stereocenters. The predicted octanol–water partition coefficient (Wildman–Crippen LogP) is 1.43. The molecule has 0 spiro atoms. The van der Waals surface area contributed by atoms with Crippen LogP contribution in [0.15, 0.2) is 0 Å². The highest BCUT2D eigenvalue weighted by Gasteiger charge is 2.04. The van der Waals surface area contributed by atoms with Crippen LogP contribution in [-0.4, -0.2) is 13.1 Å². The van der Waals surface area contributed by atoms with Gasteiger partial charge in [0.1, 0.15) is 0 Å². The maximum atomic E-state index is 3.32. The van der Waals surface area contributed by atoms with Crippen LogP contribution in [0.1, 0.15) is 19.8 Å². The Kier molecular flexibility index (Phi) is 4.29. The first-order chi connectivity index (χ1) is 3.39. The lowest BCUT2D eigenvalue weighted by atomic mass is 10.0. The molecule has 1 rings (SSSR count). The Morgan fingerprint density at radius 2 is 1.75 bits per heavy atom. The van der Waals surface area contributed by atoms with Gasteiger partial charge in [-0.15, -0.1) is 12.4 Å². The highest BCUT2D eigenvalue weighted by molar-refractivity contribution is 5.85. The van der Waals surface area contributed by atoms with Crippen LogP contribution in [0.5, 0.6) is 0 Å². The van der Waals surface area contributed by atoms with Gasteiger partial charge < -0.3 is 5.32 Å². The molecule has 1 heterocycles. The van der Waals surface area contributed by atoms with E-state index in [-0.39, 0.29) is 12.4 Å². The van der Waals surface area contributed by atoms with Crippen molar-refractivity contribution in [3.8, 4) is 0 Å². The number of halogens is 1. The summed E-state index contributed by atoms with van der Waals surface area (Å²) in [6, 6.07) is 0. The Balaban J connectivity index is 0.000000490. The van der Waals surface area contributed by atoms with Gasteiger partial charge in [0.25, 0.3) is 0 Å². The van der Waals surface area contributed by atoms with Crippen molar-refractivity contribution in [1.29, 1.82) is 0 Å². The monoisotopic (exact) mass is 135 g/mol. The van der Waals surface area contributed by atoms with Gasteiger partial charge in [-0.3, -0.25) is 0 Å². The van der Waals surface area contributed by atoms with E-state index in [0.717, 1.165) is 5.92 Å².